The van der Waals surface area contributed by atoms with Gasteiger partial charge in [0.2, 0.25) is 0 Å². The van der Waals surface area contributed by atoms with Gasteiger partial charge in [0.1, 0.15) is 11.6 Å². The molecule has 8 nitrogen and oxygen atoms in total. The lowest BCUT2D eigenvalue weighted by Gasteiger charge is -2.36. The summed E-state index contributed by atoms with van der Waals surface area (Å²) in [6, 6.07) is 16.6. The SMILES string of the molecule is Cn1c(=O)c2c(nc(CN3CCN(c4ccc(F)cc4)CC3)n2C/C=C\c2ccccc2)n(C)c1=O. The molecule has 186 valence electrons. The van der Waals surface area contributed by atoms with E-state index in [9.17, 15) is 14.0 Å². The van der Waals surface area contributed by atoms with Crippen LogP contribution in [0.2, 0.25) is 0 Å². The van der Waals surface area contributed by atoms with Crippen molar-refractivity contribution in [1.82, 2.24) is 23.6 Å². The van der Waals surface area contributed by atoms with Crippen LogP contribution < -0.4 is 16.1 Å². The first-order valence-corrected chi connectivity index (χ1v) is 12.0. The van der Waals surface area contributed by atoms with E-state index in [1.807, 2.05) is 47.1 Å². The van der Waals surface area contributed by atoms with Gasteiger partial charge in [-0.25, -0.2) is 14.2 Å². The molecule has 5 rings (SSSR count). The van der Waals surface area contributed by atoms with Gasteiger partial charge >= 0.3 is 5.69 Å². The smallest absolute Gasteiger partial charge is 0.332 e. The van der Waals surface area contributed by atoms with Crippen LogP contribution in [0.25, 0.3) is 17.2 Å². The first-order chi connectivity index (χ1) is 17.4. The Morgan fingerprint density at radius 3 is 2.31 bits per heavy atom. The number of rotatable bonds is 6. The van der Waals surface area contributed by atoms with E-state index < -0.39 is 5.69 Å². The summed E-state index contributed by atoms with van der Waals surface area (Å²) < 4.78 is 17.8. The van der Waals surface area contributed by atoms with Crippen LogP contribution in [0.4, 0.5) is 10.1 Å². The third kappa shape index (κ3) is 4.61. The lowest BCUT2D eigenvalue weighted by Crippen LogP contribution is -2.46. The molecule has 36 heavy (non-hydrogen) atoms. The highest BCUT2D eigenvalue weighted by molar-refractivity contribution is 5.71. The molecule has 0 aliphatic carbocycles. The Bertz CT molecular complexity index is 1510. The largest absolute Gasteiger partial charge is 0.369 e. The number of aryl methyl sites for hydroxylation is 1. The second-order valence-electron chi connectivity index (χ2n) is 9.07. The normalized spacial score (nSPS) is 14.8. The summed E-state index contributed by atoms with van der Waals surface area (Å²) in [6.07, 6.45) is 4.03. The number of benzene rings is 2. The van der Waals surface area contributed by atoms with E-state index >= 15 is 0 Å². The Morgan fingerprint density at radius 1 is 0.917 bits per heavy atom. The van der Waals surface area contributed by atoms with Crippen molar-refractivity contribution in [3.05, 3.63) is 98.7 Å². The van der Waals surface area contributed by atoms with Crippen molar-refractivity contribution in [2.75, 3.05) is 31.1 Å². The quantitative estimate of drug-likeness (QED) is 0.418. The number of piperazine rings is 1. The van der Waals surface area contributed by atoms with E-state index in [0.717, 1.165) is 47.8 Å². The van der Waals surface area contributed by atoms with Crippen LogP contribution in [0.3, 0.4) is 0 Å². The fourth-order valence-electron chi connectivity index (χ4n) is 4.68. The van der Waals surface area contributed by atoms with Crippen LogP contribution in [0.5, 0.6) is 0 Å². The molecule has 0 unspecified atom stereocenters. The van der Waals surface area contributed by atoms with Crippen LogP contribution in [-0.2, 0) is 27.2 Å². The van der Waals surface area contributed by atoms with Crippen molar-refractivity contribution in [2.24, 2.45) is 14.1 Å². The molecule has 1 aliphatic heterocycles. The summed E-state index contributed by atoms with van der Waals surface area (Å²) in [5.74, 6) is 0.509. The van der Waals surface area contributed by atoms with Crippen LogP contribution in [0, 0.1) is 5.82 Å². The van der Waals surface area contributed by atoms with Gasteiger partial charge in [0.25, 0.3) is 5.56 Å². The molecule has 1 saturated heterocycles. The number of hydrogen-bond donors (Lipinski definition) is 0. The van der Waals surface area contributed by atoms with E-state index in [-0.39, 0.29) is 11.4 Å². The average molecular weight is 489 g/mol. The molecule has 0 atom stereocenters. The third-order valence-electron chi connectivity index (χ3n) is 6.75. The first kappa shape index (κ1) is 23.7. The predicted octanol–water partition coefficient (Wildman–Crippen LogP) is 2.61. The Balaban J connectivity index is 1.42. The van der Waals surface area contributed by atoms with E-state index in [0.29, 0.717) is 24.3 Å². The van der Waals surface area contributed by atoms with Crippen LogP contribution >= 0.6 is 0 Å². The Kier molecular flexibility index (Phi) is 6.56. The summed E-state index contributed by atoms with van der Waals surface area (Å²) in [5, 5.41) is 0. The van der Waals surface area contributed by atoms with Gasteiger partial charge in [0, 0.05) is 52.5 Å². The second-order valence-corrected chi connectivity index (χ2v) is 9.07. The Labute approximate surface area is 208 Å². The molecule has 2 aromatic heterocycles. The molecule has 0 saturated carbocycles. The minimum atomic E-state index is -0.392. The highest BCUT2D eigenvalue weighted by atomic mass is 19.1. The molecule has 3 heterocycles. The minimum Gasteiger partial charge on any atom is -0.369 e. The third-order valence-corrected chi connectivity index (χ3v) is 6.75. The standard InChI is InChI=1S/C27H29FN6O2/c1-30-25-24(26(35)31(2)27(30)36)34(14-6-9-20-7-4-3-5-8-20)23(29-25)19-32-15-17-33(18-16-32)22-12-10-21(28)11-13-22/h3-13H,14-19H2,1-2H3/b9-6-. The Morgan fingerprint density at radius 2 is 1.61 bits per heavy atom. The molecule has 0 spiro atoms. The molecule has 9 heteroatoms. The fourth-order valence-corrected chi connectivity index (χ4v) is 4.68. The van der Waals surface area contributed by atoms with E-state index in [1.54, 1.807) is 19.2 Å². The number of allylic oxidation sites excluding steroid dienone is 1. The number of aromatic nitrogens is 4. The van der Waals surface area contributed by atoms with Gasteiger partial charge in [0.15, 0.2) is 11.2 Å². The predicted molar refractivity (Wildman–Crippen MR) is 140 cm³/mol. The number of anilines is 1. The molecular weight excluding hydrogens is 459 g/mol. The van der Waals surface area contributed by atoms with E-state index in [4.69, 9.17) is 4.98 Å². The van der Waals surface area contributed by atoms with Gasteiger partial charge in [-0.1, -0.05) is 42.5 Å². The first-order valence-electron chi connectivity index (χ1n) is 12.0. The summed E-state index contributed by atoms with van der Waals surface area (Å²) in [6.45, 7) is 4.24. The monoisotopic (exact) mass is 488 g/mol. The molecule has 0 bridgehead atoms. The maximum absolute atomic E-state index is 13.3. The minimum absolute atomic E-state index is 0.238. The number of fused-ring (bicyclic) bond motifs is 1. The maximum Gasteiger partial charge on any atom is 0.332 e. The zero-order chi connectivity index (χ0) is 25.2. The maximum atomic E-state index is 13.3. The van der Waals surface area contributed by atoms with Crippen molar-refractivity contribution in [3.8, 4) is 0 Å². The summed E-state index contributed by atoms with van der Waals surface area (Å²) >= 11 is 0. The number of nitrogens with zero attached hydrogens (tertiary/aromatic N) is 6. The number of hydrogen-bond acceptors (Lipinski definition) is 5. The number of halogens is 1. The zero-order valence-corrected chi connectivity index (χ0v) is 20.5. The molecule has 0 amide bonds. The summed E-state index contributed by atoms with van der Waals surface area (Å²) in [4.78, 5) is 34.9. The topological polar surface area (TPSA) is 68.3 Å². The van der Waals surface area contributed by atoms with Crippen molar-refractivity contribution in [3.63, 3.8) is 0 Å². The van der Waals surface area contributed by atoms with Crippen molar-refractivity contribution < 1.29 is 4.39 Å². The lowest BCUT2D eigenvalue weighted by molar-refractivity contribution is 0.241. The number of imidazole rings is 1. The molecule has 2 aromatic carbocycles. The summed E-state index contributed by atoms with van der Waals surface area (Å²) in [7, 11) is 3.14. The lowest BCUT2D eigenvalue weighted by atomic mass is 10.2. The molecule has 1 fully saturated rings. The second kappa shape index (κ2) is 9.94. The highest BCUT2D eigenvalue weighted by Crippen LogP contribution is 2.19. The zero-order valence-electron chi connectivity index (χ0n) is 20.5. The van der Waals surface area contributed by atoms with E-state index in [2.05, 4.69) is 9.80 Å². The van der Waals surface area contributed by atoms with Gasteiger partial charge in [0.05, 0.1) is 6.54 Å². The van der Waals surface area contributed by atoms with Gasteiger partial charge in [-0.15, -0.1) is 0 Å². The van der Waals surface area contributed by atoms with Crippen LogP contribution in [-0.4, -0.2) is 49.8 Å². The molecule has 0 radical (unpaired) electrons. The van der Waals surface area contributed by atoms with Crippen LogP contribution in [0.1, 0.15) is 11.4 Å². The molecule has 1 aliphatic rings. The molecule has 4 aromatic rings. The van der Waals surface area contributed by atoms with Gasteiger partial charge in [-0.3, -0.25) is 18.8 Å². The summed E-state index contributed by atoms with van der Waals surface area (Å²) in [5.41, 5.74) is 2.17. The van der Waals surface area contributed by atoms with Crippen molar-refractivity contribution in [1.29, 1.82) is 0 Å². The fraction of sp³-hybridized carbons (Fsp3) is 0.296. The van der Waals surface area contributed by atoms with Gasteiger partial charge in [-0.2, -0.15) is 0 Å². The van der Waals surface area contributed by atoms with Gasteiger partial charge < -0.3 is 9.47 Å². The highest BCUT2D eigenvalue weighted by Gasteiger charge is 2.23. The van der Waals surface area contributed by atoms with Gasteiger partial charge in [-0.05, 0) is 29.8 Å². The Hall–Kier alpha value is -3.98. The van der Waals surface area contributed by atoms with Crippen molar-refractivity contribution >= 4 is 22.9 Å². The average Bonchev–Trinajstić information content (AvgIpc) is 3.26. The van der Waals surface area contributed by atoms with E-state index in [1.165, 1.54) is 23.7 Å². The molecule has 0 N–H and O–H groups in total. The van der Waals surface area contributed by atoms with Crippen LogP contribution in [0.15, 0.2) is 70.3 Å². The molecular formula is C27H29FN6O2. The van der Waals surface area contributed by atoms with Crippen molar-refractivity contribution in [2.45, 2.75) is 13.1 Å².